The van der Waals surface area contributed by atoms with Crippen LogP contribution in [0.4, 0.5) is 14.5 Å². The molecule has 4 N–H and O–H groups in total. The normalized spacial score (nSPS) is 20.2. The number of nitrogens with zero attached hydrogens (tertiary/aromatic N) is 3. The number of hydrogen-bond donors (Lipinski definition) is 2. The van der Waals surface area contributed by atoms with Crippen molar-refractivity contribution in [2.75, 3.05) is 12.0 Å². The Labute approximate surface area is 132 Å². The van der Waals surface area contributed by atoms with E-state index in [0.717, 1.165) is 25.3 Å². The minimum absolute atomic E-state index is 0.0481. The quantitative estimate of drug-likeness (QED) is 0.872. The van der Waals surface area contributed by atoms with Crippen molar-refractivity contribution < 1.29 is 13.5 Å². The Morgan fingerprint density at radius 1 is 1.17 bits per heavy atom. The second-order valence-electron chi connectivity index (χ2n) is 5.73. The number of anilines is 1. The van der Waals surface area contributed by atoms with Crippen molar-refractivity contribution in [3.8, 4) is 5.75 Å². The van der Waals surface area contributed by atoms with Crippen molar-refractivity contribution in [3.63, 3.8) is 0 Å². The van der Waals surface area contributed by atoms with Crippen LogP contribution >= 0.6 is 0 Å². The standard InChI is InChI=1S/C15H19F2N5O/c1-23-12-9(16)5-6-10(11(12)17)22-14(19)20-13(18)21-15(22)7-3-2-4-8-15/h5-6H,2-4,7-8H2,1H3,(H4,18,19,20,21). The summed E-state index contributed by atoms with van der Waals surface area (Å²) < 4.78 is 33.2. The lowest BCUT2D eigenvalue weighted by molar-refractivity contribution is 0.302. The van der Waals surface area contributed by atoms with Crippen LogP contribution in [0.15, 0.2) is 22.1 Å². The van der Waals surface area contributed by atoms with Gasteiger partial charge in [0.25, 0.3) is 0 Å². The highest BCUT2D eigenvalue weighted by Crippen LogP contribution is 2.42. The molecule has 3 rings (SSSR count). The summed E-state index contributed by atoms with van der Waals surface area (Å²) in [5.41, 5.74) is 11.1. The van der Waals surface area contributed by atoms with E-state index in [1.165, 1.54) is 18.1 Å². The zero-order chi connectivity index (χ0) is 16.6. The predicted molar refractivity (Wildman–Crippen MR) is 84.4 cm³/mol. The van der Waals surface area contributed by atoms with Crippen LogP contribution in [0.5, 0.6) is 5.75 Å². The van der Waals surface area contributed by atoms with Gasteiger partial charge in [0, 0.05) is 0 Å². The summed E-state index contributed by atoms with van der Waals surface area (Å²) in [7, 11) is 1.21. The van der Waals surface area contributed by atoms with Gasteiger partial charge < -0.3 is 16.2 Å². The molecule has 2 aliphatic rings. The van der Waals surface area contributed by atoms with Crippen molar-refractivity contribution >= 4 is 17.6 Å². The number of rotatable bonds is 2. The molecular weight excluding hydrogens is 304 g/mol. The zero-order valence-corrected chi connectivity index (χ0v) is 12.9. The van der Waals surface area contributed by atoms with Crippen LogP contribution in [0.3, 0.4) is 0 Å². The highest BCUT2D eigenvalue weighted by atomic mass is 19.1. The van der Waals surface area contributed by atoms with Crippen LogP contribution in [-0.4, -0.2) is 24.7 Å². The van der Waals surface area contributed by atoms with Gasteiger partial charge in [-0.05, 0) is 37.8 Å². The summed E-state index contributed by atoms with van der Waals surface area (Å²) >= 11 is 0. The predicted octanol–water partition coefficient (Wildman–Crippen LogP) is 2.08. The fourth-order valence-electron chi connectivity index (χ4n) is 3.35. The smallest absolute Gasteiger partial charge is 0.220 e. The van der Waals surface area contributed by atoms with Crippen molar-refractivity contribution in [3.05, 3.63) is 23.8 Å². The molecule has 23 heavy (non-hydrogen) atoms. The Morgan fingerprint density at radius 3 is 2.52 bits per heavy atom. The number of nitrogens with two attached hydrogens (primary N) is 2. The Bertz CT molecular complexity index is 683. The van der Waals surface area contributed by atoms with Crippen molar-refractivity contribution in [2.24, 2.45) is 21.5 Å². The molecular formula is C15H19F2N5O. The molecule has 0 atom stereocenters. The Morgan fingerprint density at radius 2 is 1.87 bits per heavy atom. The third kappa shape index (κ3) is 2.47. The van der Waals surface area contributed by atoms with Crippen molar-refractivity contribution in [1.29, 1.82) is 0 Å². The third-order valence-corrected chi connectivity index (χ3v) is 4.33. The number of benzene rings is 1. The van der Waals surface area contributed by atoms with E-state index in [1.807, 2.05) is 0 Å². The molecule has 0 aromatic heterocycles. The lowest BCUT2D eigenvalue weighted by Gasteiger charge is -2.45. The summed E-state index contributed by atoms with van der Waals surface area (Å²) in [6, 6.07) is 2.46. The lowest BCUT2D eigenvalue weighted by atomic mass is 9.87. The number of aliphatic imine (C=N–C) groups is 2. The van der Waals surface area contributed by atoms with Gasteiger partial charge in [-0.2, -0.15) is 4.99 Å². The summed E-state index contributed by atoms with van der Waals surface area (Å²) in [6.45, 7) is 0. The molecule has 0 saturated heterocycles. The molecule has 1 aliphatic heterocycles. The van der Waals surface area contributed by atoms with Crippen LogP contribution in [0.25, 0.3) is 0 Å². The monoisotopic (exact) mass is 323 g/mol. The summed E-state index contributed by atoms with van der Waals surface area (Å²) in [5, 5.41) is 0. The number of hydrogen-bond acceptors (Lipinski definition) is 6. The highest BCUT2D eigenvalue weighted by Gasteiger charge is 2.44. The molecule has 6 nitrogen and oxygen atoms in total. The second kappa shape index (κ2) is 5.68. The molecule has 0 amide bonds. The molecule has 1 aromatic rings. The first-order chi connectivity index (χ1) is 11.0. The first-order valence-electron chi connectivity index (χ1n) is 7.50. The van der Waals surface area contributed by atoms with Gasteiger partial charge in [-0.15, -0.1) is 0 Å². The molecule has 1 heterocycles. The van der Waals surface area contributed by atoms with Crippen LogP contribution < -0.4 is 21.1 Å². The molecule has 0 radical (unpaired) electrons. The van der Waals surface area contributed by atoms with Gasteiger partial charge in [-0.3, -0.25) is 4.90 Å². The van der Waals surface area contributed by atoms with Crippen molar-refractivity contribution in [2.45, 2.75) is 37.8 Å². The molecule has 0 unspecified atom stereocenters. The molecule has 0 bridgehead atoms. The average molecular weight is 323 g/mol. The minimum Gasteiger partial charge on any atom is -0.491 e. The highest BCUT2D eigenvalue weighted by molar-refractivity contribution is 6.05. The number of halogens is 2. The van der Waals surface area contributed by atoms with Gasteiger partial charge in [0.05, 0.1) is 12.8 Å². The van der Waals surface area contributed by atoms with E-state index in [2.05, 4.69) is 9.98 Å². The third-order valence-electron chi connectivity index (χ3n) is 4.33. The maximum atomic E-state index is 14.7. The van der Waals surface area contributed by atoms with Gasteiger partial charge in [0.2, 0.25) is 11.9 Å². The minimum atomic E-state index is -0.828. The van der Waals surface area contributed by atoms with Gasteiger partial charge in [-0.1, -0.05) is 6.42 Å². The molecule has 1 fully saturated rings. The van der Waals surface area contributed by atoms with Crippen LogP contribution in [-0.2, 0) is 0 Å². The lowest BCUT2D eigenvalue weighted by Crippen LogP contribution is -2.58. The fraction of sp³-hybridized carbons (Fsp3) is 0.467. The molecule has 1 aromatic carbocycles. The second-order valence-corrected chi connectivity index (χ2v) is 5.73. The SMILES string of the molecule is COc1c(F)ccc(N2C(N)=NC(N)=NC23CCCCC3)c1F. The summed E-state index contributed by atoms with van der Waals surface area (Å²) in [6.07, 6.45) is 4.24. The largest absolute Gasteiger partial charge is 0.491 e. The van der Waals surface area contributed by atoms with E-state index >= 15 is 0 Å². The van der Waals surface area contributed by atoms with Gasteiger partial charge >= 0.3 is 0 Å². The zero-order valence-electron chi connectivity index (χ0n) is 12.9. The molecule has 1 aliphatic carbocycles. The maximum Gasteiger partial charge on any atom is 0.220 e. The van der Waals surface area contributed by atoms with E-state index in [9.17, 15) is 8.78 Å². The molecule has 1 saturated carbocycles. The van der Waals surface area contributed by atoms with Crippen molar-refractivity contribution in [1.82, 2.24) is 0 Å². The van der Waals surface area contributed by atoms with Gasteiger partial charge in [-0.25, -0.2) is 13.8 Å². The topological polar surface area (TPSA) is 89.2 Å². The first kappa shape index (κ1) is 15.5. The van der Waals surface area contributed by atoms with Crippen LogP contribution in [0.2, 0.25) is 0 Å². The van der Waals surface area contributed by atoms with Gasteiger partial charge in [0.15, 0.2) is 17.4 Å². The number of ether oxygens (including phenoxy) is 1. The summed E-state index contributed by atoms with van der Waals surface area (Å²) in [5.74, 6) is -1.93. The fourth-order valence-corrected chi connectivity index (χ4v) is 3.35. The Kier molecular flexibility index (Phi) is 3.83. The van der Waals surface area contributed by atoms with E-state index in [1.54, 1.807) is 0 Å². The van der Waals surface area contributed by atoms with Crippen LogP contribution in [0.1, 0.15) is 32.1 Å². The average Bonchev–Trinajstić information content (AvgIpc) is 2.50. The summed E-state index contributed by atoms with van der Waals surface area (Å²) in [4.78, 5) is 9.92. The van der Waals surface area contributed by atoms with Gasteiger partial charge in [0.1, 0.15) is 5.66 Å². The van der Waals surface area contributed by atoms with E-state index in [0.29, 0.717) is 12.8 Å². The maximum absolute atomic E-state index is 14.7. The van der Waals surface area contributed by atoms with Crippen LogP contribution in [0, 0.1) is 11.6 Å². The van der Waals surface area contributed by atoms with E-state index < -0.39 is 23.0 Å². The molecule has 124 valence electrons. The first-order valence-corrected chi connectivity index (χ1v) is 7.50. The number of guanidine groups is 2. The molecule has 1 spiro atoms. The molecule has 8 heteroatoms. The Balaban J connectivity index is 2.15. The number of methoxy groups -OCH3 is 1. The van der Waals surface area contributed by atoms with E-state index in [-0.39, 0.29) is 17.6 Å². The van der Waals surface area contributed by atoms with E-state index in [4.69, 9.17) is 16.2 Å². The Hall–Kier alpha value is -2.38.